The lowest BCUT2D eigenvalue weighted by Gasteiger charge is -2.34. The SMILES string of the molecule is CCC(N)C(c1cnn(C)c1)N(CC)CC(C)C#N. The molecule has 0 fully saturated rings. The molecule has 0 aliphatic rings. The molecule has 1 aromatic rings. The van der Waals surface area contributed by atoms with Crippen LogP contribution in [0.4, 0.5) is 0 Å². The standard InChI is InChI=1S/C14H25N5/c1-5-13(16)14(12-8-17-18(4)10-12)19(6-2)9-11(3)7-15/h8,10-11,13-14H,5-6,9,16H2,1-4H3. The largest absolute Gasteiger partial charge is 0.326 e. The molecule has 0 aliphatic carbocycles. The molecule has 5 heteroatoms. The molecule has 1 heterocycles. The number of aryl methyl sites for hydroxylation is 1. The maximum absolute atomic E-state index is 9.01. The molecule has 3 atom stereocenters. The third kappa shape index (κ3) is 4.05. The van der Waals surface area contributed by atoms with Crippen LogP contribution >= 0.6 is 0 Å². The molecular formula is C14H25N5. The molecule has 0 radical (unpaired) electrons. The van der Waals surface area contributed by atoms with Crippen molar-refractivity contribution in [2.24, 2.45) is 18.7 Å². The van der Waals surface area contributed by atoms with Gasteiger partial charge in [-0.2, -0.15) is 10.4 Å². The summed E-state index contributed by atoms with van der Waals surface area (Å²) in [6.45, 7) is 7.76. The summed E-state index contributed by atoms with van der Waals surface area (Å²) in [7, 11) is 1.91. The van der Waals surface area contributed by atoms with Crippen molar-refractivity contribution in [1.29, 1.82) is 5.26 Å². The number of aromatic nitrogens is 2. The lowest BCUT2D eigenvalue weighted by molar-refractivity contribution is 0.166. The van der Waals surface area contributed by atoms with Gasteiger partial charge in [0.2, 0.25) is 0 Å². The van der Waals surface area contributed by atoms with Crippen LogP contribution < -0.4 is 5.73 Å². The van der Waals surface area contributed by atoms with Crippen LogP contribution in [0.2, 0.25) is 0 Å². The van der Waals surface area contributed by atoms with Crippen LogP contribution in [-0.2, 0) is 7.05 Å². The Labute approximate surface area is 116 Å². The Morgan fingerprint density at radius 3 is 2.63 bits per heavy atom. The number of nitrogens with two attached hydrogens (primary N) is 1. The number of likely N-dealkylation sites (N-methyl/N-ethyl adjacent to an activating group) is 1. The second kappa shape index (κ2) is 7.27. The second-order valence-corrected chi connectivity index (χ2v) is 5.08. The van der Waals surface area contributed by atoms with Crippen LogP contribution in [0.5, 0.6) is 0 Å². The Morgan fingerprint density at radius 2 is 2.21 bits per heavy atom. The highest BCUT2D eigenvalue weighted by molar-refractivity contribution is 5.13. The third-order valence-electron chi connectivity index (χ3n) is 3.47. The molecule has 3 unspecified atom stereocenters. The normalized spacial score (nSPS) is 16.1. The van der Waals surface area contributed by atoms with E-state index in [9.17, 15) is 0 Å². The van der Waals surface area contributed by atoms with Gasteiger partial charge >= 0.3 is 0 Å². The van der Waals surface area contributed by atoms with Gasteiger partial charge in [0.1, 0.15) is 0 Å². The van der Waals surface area contributed by atoms with Gasteiger partial charge in [0.25, 0.3) is 0 Å². The minimum atomic E-state index is 0.00294. The monoisotopic (exact) mass is 263 g/mol. The average molecular weight is 263 g/mol. The fraction of sp³-hybridized carbons (Fsp3) is 0.714. The molecule has 0 amide bonds. The van der Waals surface area contributed by atoms with E-state index in [-0.39, 0.29) is 18.0 Å². The Kier molecular flexibility index (Phi) is 6.00. The number of nitriles is 1. The molecule has 19 heavy (non-hydrogen) atoms. The van der Waals surface area contributed by atoms with Crippen molar-refractivity contribution in [3.05, 3.63) is 18.0 Å². The molecule has 0 saturated carbocycles. The summed E-state index contributed by atoms with van der Waals surface area (Å²) in [6, 6.07) is 2.47. The van der Waals surface area contributed by atoms with Gasteiger partial charge in [-0.25, -0.2) is 0 Å². The highest BCUT2D eigenvalue weighted by atomic mass is 15.3. The van der Waals surface area contributed by atoms with Crippen molar-refractivity contribution in [1.82, 2.24) is 14.7 Å². The van der Waals surface area contributed by atoms with Gasteiger partial charge in [-0.3, -0.25) is 9.58 Å². The molecular weight excluding hydrogens is 238 g/mol. The quantitative estimate of drug-likeness (QED) is 0.812. The first kappa shape index (κ1) is 15.7. The van der Waals surface area contributed by atoms with E-state index in [1.807, 2.05) is 26.4 Å². The van der Waals surface area contributed by atoms with Crippen LogP contribution in [0.15, 0.2) is 12.4 Å². The maximum atomic E-state index is 9.01. The topological polar surface area (TPSA) is 70.9 Å². The molecule has 0 saturated heterocycles. The molecule has 2 N–H and O–H groups in total. The Morgan fingerprint density at radius 1 is 1.53 bits per heavy atom. The van der Waals surface area contributed by atoms with Crippen LogP contribution in [-0.4, -0.2) is 33.8 Å². The van der Waals surface area contributed by atoms with Crippen molar-refractivity contribution in [2.45, 2.75) is 39.3 Å². The summed E-state index contributed by atoms with van der Waals surface area (Å²) < 4.78 is 1.80. The van der Waals surface area contributed by atoms with E-state index < -0.39 is 0 Å². The van der Waals surface area contributed by atoms with Crippen molar-refractivity contribution in [3.63, 3.8) is 0 Å². The number of rotatable bonds is 7. The van der Waals surface area contributed by atoms with Gasteiger partial charge in [-0.1, -0.05) is 13.8 Å². The minimum Gasteiger partial charge on any atom is -0.326 e. The van der Waals surface area contributed by atoms with Crippen molar-refractivity contribution < 1.29 is 0 Å². The highest BCUT2D eigenvalue weighted by Crippen LogP contribution is 2.25. The third-order valence-corrected chi connectivity index (χ3v) is 3.47. The van der Waals surface area contributed by atoms with Gasteiger partial charge in [0, 0.05) is 31.4 Å². The van der Waals surface area contributed by atoms with Crippen molar-refractivity contribution >= 4 is 0 Å². The summed E-state index contributed by atoms with van der Waals surface area (Å²) in [5.41, 5.74) is 7.42. The van der Waals surface area contributed by atoms with E-state index in [0.29, 0.717) is 0 Å². The predicted octanol–water partition coefficient (Wildman–Crippen LogP) is 1.68. The molecule has 0 bridgehead atoms. The molecule has 106 valence electrons. The summed E-state index contributed by atoms with van der Waals surface area (Å²) >= 11 is 0. The van der Waals surface area contributed by atoms with Gasteiger partial charge < -0.3 is 5.73 Å². The smallest absolute Gasteiger partial charge is 0.0666 e. The number of nitrogens with zero attached hydrogens (tertiary/aromatic N) is 4. The maximum Gasteiger partial charge on any atom is 0.0666 e. The zero-order valence-corrected chi connectivity index (χ0v) is 12.4. The molecule has 0 spiro atoms. The van der Waals surface area contributed by atoms with Gasteiger partial charge in [0.15, 0.2) is 0 Å². The zero-order valence-electron chi connectivity index (χ0n) is 12.4. The first-order valence-corrected chi connectivity index (χ1v) is 6.91. The first-order valence-electron chi connectivity index (χ1n) is 6.91. The predicted molar refractivity (Wildman–Crippen MR) is 76.2 cm³/mol. The lowest BCUT2D eigenvalue weighted by Crippen LogP contribution is -2.42. The van der Waals surface area contributed by atoms with Crippen LogP contribution in [0.1, 0.15) is 38.8 Å². The van der Waals surface area contributed by atoms with Crippen molar-refractivity contribution in [2.75, 3.05) is 13.1 Å². The summed E-state index contributed by atoms with van der Waals surface area (Å²) in [6.07, 6.45) is 4.79. The molecule has 0 aromatic carbocycles. The second-order valence-electron chi connectivity index (χ2n) is 5.08. The van der Waals surface area contributed by atoms with E-state index in [1.54, 1.807) is 4.68 Å². The molecule has 1 aromatic heterocycles. The van der Waals surface area contributed by atoms with Gasteiger partial charge in [-0.05, 0) is 19.9 Å². The average Bonchev–Trinajstić information content (AvgIpc) is 2.83. The van der Waals surface area contributed by atoms with Crippen LogP contribution in [0.25, 0.3) is 0 Å². The minimum absolute atomic E-state index is 0.00294. The van der Waals surface area contributed by atoms with E-state index in [1.165, 1.54) is 0 Å². The fourth-order valence-corrected chi connectivity index (χ4v) is 2.38. The van der Waals surface area contributed by atoms with Crippen LogP contribution in [0.3, 0.4) is 0 Å². The van der Waals surface area contributed by atoms with Crippen LogP contribution in [0, 0.1) is 17.2 Å². The van der Waals surface area contributed by atoms with E-state index in [2.05, 4.69) is 29.9 Å². The Bertz CT molecular complexity index is 420. The summed E-state index contributed by atoms with van der Waals surface area (Å²) in [5, 5.41) is 13.2. The van der Waals surface area contributed by atoms with Gasteiger partial charge in [-0.15, -0.1) is 0 Å². The highest BCUT2D eigenvalue weighted by Gasteiger charge is 2.26. The zero-order chi connectivity index (χ0) is 14.4. The number of hydrogen-bond acceptors (Lipinski definition) is 4. The number of hydrogen-bond donors (Lipinski definition) is 1. The summed E-state index contributed by atoms with van der Waals surface area (Å²) in [5.74, 6) is 0.00294. The summed E-state index contributed by atoms with van der Waals surface area (Å²) in [4.78, 5) is 2.28. The van der Waals surface area contributed by atoms with E-state index in [4.69, 9.17) is 11.0 Å². The Hall–Kier alpha value is -1.38. The molecule has 5 nitrogen and oxygen atoms in total. The Balaban J connectivity index is 2.98. The van der Waals surface area contributed by atoms with Crippen molar-refractivity contribution in [3.8, 4) is 6.07 Å². The molecule has 1 rings (SSSR count). The fourth-order valence-electron chi connectivity index (χ4n) is 2.38. The van der Waals surface area contributed by atoms with Gasteiger partial charge in [0.05, 0.1) is 24.2 Å². The lowest BCUT2D eigenvalue weighted by atomic mass is 9.98. The van der Waals surface area contributed by atoms with E-state index in [0.717, 1.165) is 25.1 Å². The first-order chi connectivity index (χ1) is 9.03. The molecule has 0 aliphatic heterocycles. The van der Waals surface area contributed by atoms with E-state index >= 15 is 0 Å².